The van der Waals surface area contributed by atoms with E-state index in [9.17, 15) is 0 Å². The Morgan fingerprint density at radius 1 is 1.33 bits per heavy atom. The van der Waals surface area contributed by atoms with E-state index in [0.717, 1.165) is 10.6 Å². The largest absolute Gasteiger partial charge is 0.419 e. The van der Waals surface area contributed by atoms with Gasteiger partial charge in [-0.2, -0.15) is 0 Å². The summed E-state index contributed by atoms with van der Waals surface area (Å²) in [5, 5.41) is 10.7. The van der Waals surface area contributed by atoms with Gasteiger partial charge in [-0.15, -0.1) is 21.5 Å². The van der Waals surface area contributed by atoms with Crippen molar-refractivity contribution in [3.05, 3.63) is 35.2 Å². The van der Waals surface area contributed by atoms with Crippen LogP contribution in [0.1, 0.15) is 23.8 Å². The Kier molecular flexibility index (Phi) is 3.89. The highest BCUT2D eigenvalue weighted by Gasteiger charge is 2.18. The second-order valence-corrected chi connectivity index (χ2v) is 6.66. The molecule has 2 N–H and O–H groups in total. The SMILES string of the molecule is Cc1cc(N)nc(S[C@H](C)c2nnc(-c3cccs3)o2)n1. The van der Waals surface area contributed by atoms with Gasteiger partial charge < -0.3 is 10.2 Å². The maximum Gasteiger partial charge on any atom is 0.257 e. The fraction of sp³-hybridized carbons (Fsp3) is 0.231. The molecule has 3 heterocycles. The third-order valence-corrected chi connectivity index (χ3v) is 4.46. The van der Waals surface area contributed by atoms with Crippen LogP contribution in [0.15, 0.2) is 33.2 Å². The molecule has 0 bridgehead atoms. The van der Waals surface area contributed by atoms with Crippen molar-refractivity contribution in [2.75, 3.05) is 5.73 Å². The number of nitrogens with zero attached hydrogens (tertiary/aromatic N) is 4. The molecule has 0 aliphatic rings. The van der Waals surface area contributed by atoms with Gasteiger partial charge in [0.1, 0.15) is 5.82 Å². The minimum Gasteiger partial charge on any atom is -0.419 e. The zero-order valence-corrected chi connectivity index (χ0v) is 13.1. The average molecular weight is 319 g/mol. The molecule has 0 amide bonds. The first-order chi connectivity index (χ1) is 10.1. The van der Waals surface area contributed by atoms with Crippen LogP contribution in [-0.2, 0) is 0 Å². The quantitative estimate of drug-likeness (QED) is 0.582. The zero-order valence-electron chi connectivity index (χ0n) is 11.5. The van der Waals surface area contributed by atoms with E-state index in [4.69, 9.17) is 10.2 Å². The highest BCUT2D eigenvalue weighted by atomic mass is 32.2. The number of nitrogens with two attached hydrogens (primary N) is 1. The normalized spacial score (nSPS) is 12.5. The number of thioether (sulfide) groups is 1. The van der Waals surface area contributed by atoms with Crippen molar-refractivity contribution in [1.82, 2.24) is 20.2 Å². The summed E-state index contributed by atoms with van der Waals surface area (Å²) in [5.41, 5.74) is 6.56. The lowest BCUT2D eigenvalue weighted by atomic mass is 10.4. The topological polar surface area (TPSA) is 90.7 Å². The van der Waals surface area contributed by atoms with Crippen LogP contribution in [0.3, 0.4) is 0 Å². The third-order valence-electron chi connectivity index (χ3n) is 2.66. The summed E-state index contributed by atoms with van der Waals surface area (Å²) in [5.74, 6) is 1.55. The molecule has 0 spiro atoms. The highest BCUT2D eigenvalue weighted by molar-refractivity contribution is 7.99. The molecular formula is C13H13N5OS2. The molecule has 6 nitrogen and oxygen atoms in total. The summed E-state index contributed by atoms with van der Waals surface area (Å²) in [6, 6.07) is 5.63. The van der Waals surface area contributed by atoms with Crippen LogP contribution in [0.5, 0.6) is 0 Å². The van der Waals surface area contributed by atoms with Crippen molar-refractivity contribution in [3.8, 4) is 10.8 Å². The summed E-state index contributed by atoms with van der Waals surface area (Å²) in [6.07, 6.45) is 0. The molecule has 0 aliphatic heterocycles. The van der Waals surface area contributed by atoms with E-state index in [2.05, 4.69) is 20.2 Å². The van der Waals surface area contributed by atoms with Gasteiger partial charge in [0.2, 0.25) is 5.89 Å². The van der Waals surface area contributed by atoms with E-state index < -0.39 is 0 Å². The Morgan fingerprint density at radius 3 is 2.90 bits per heavy atom. The third kappa shape index (κ3) is 3.22. The van der Waals surface area contributed by atoms with Crippen LogP contribution in [0.2, 0.25) is 0 Å². The lowest BCUT2D eigenvalue weighted by Crippen LogP contribution is -1.98. The standard InChI is InChI=1S/C13H13N5OS2/c1-7-6-10(14)16-13(15-7)21-8(2)11-17-18-12(19-11)9-4-3-5-20-9/h3-6,8H,1-2H3,(H2,14,15,16)/t8-/m1/s1. The van der Waals surface area contributed by atoms with Gasteiger partial charge in [0.15, 0.2) is 5.16 Å². The highest BCUT2D eigenvalue weighted by Crippen LogP contribution is 2.34. The van der Waals surface area contributed by atoms with Crippen molar-refractivity contribution < 1.29 is 4.42 Å². The number of aryl methyl sites for hydroxylation is 1. The van der Waals surface area contributed by atoms with Gasteiger partial charge in [0, 0.05) is 11.8 Å². The first-order valence-electron chi connectivity index (χ1n) is 6.27. The predicted molar refractivity (Wildman–Crippen MR) is 83.1 cm³/mol. The van der Waals surface area contributed by atoms with Crippen molar-refractivity contribution in [1.29, 1.82) is 0 Å². The smallest absolute Gasteiger partial charge is 0.257 e. The minimum atomic E-state index is -0.0487. The second kappa shape index (κ2) is 5.82. The molecule has 0 fully saturated rings. The van der Waals surface area contributed by atoms with Gasteiger partial charge in [-0.25, -0.2) is 9.97 Å². The number of hydrogen-bond acceptors (Lipinski definition) is 8. The Hall–Kier alpha value is -1.93. The van der Waals surface area contributed by atoms with Crippen molar-refractivity contribution in [3.63, 3.8) is 0 Å². The number of rotatable bonds is 4. The molecular weight excluding hydrogens is 306 g/mol. The molecule has 21 heavy (non-hydrogen) atoms. The summed E-state index contributed by atoms with van der Waals surface area (Å²) < 4.78 is 5.70. The van der Waals surface area contributed by atoms with E-state index in [1.54, 1.807) is 17.4 Å². The number of thiophene rings is 1. The lowest BCUT2D eigenvalue weighted by molar-refractivity contribution is 0.510. The van der Waals surface area contributed by atoms with Crippen LogP contribution in [0.25, 0.3) is 10.8 Å². The van der Waals surface area contributed by atoms with Crippen molar-refractivity contribution >= 4 is 28.9 Å². The van der Waals surface area contributed by atoms with E-state index in [0.29, 0.717) is 22.8 Å². The van der Waals surface area contributed by atoms with Gasteiger partial charge in [0.05, 0.1) is 10.1 Å². The fourth-order valence-corrected chi connectivity index (χ4v) is 3.24. The first kappa shape index (κ1) is 14.0. The zero-order chi connectivity index (χ0) is 14.8. The van der Waals surface area contributed by atoms with Gasteiger partial charge in [-0.1, -0.05) is 17.8 Å². The number of aromatic nitrogens is 4. The molecule has 3 aromatic rings. The number of hydrogen-bond donors (Lipinski definition) is 1. The van der Waals surface area contributed by atoms with Gasteiger partial charge >= 0.3 is 0 Å². The van der Waals surface area contributed by atoms with E-state index in [1.165, 1.54) is 11.8 Å². The van der Waals surface area contributed by atoms with Crippen molar-refractivity contribution in [2.45, 2.75) is 24.3 Å². The van der Waals surface area contributed by atoms with Crippen LogP contribution in [0, 0.1) is 6.92 Å². The fourth-order valence-electron chi connectivity index (χ4n) is 1.72. The Morgan fingerprint density at radius 2 is 2.19 bits per heavy atom. The molecule has 1 atom stereocenters. The lowest BCUT2D eigenvalue weighted by Gasteiger charge is -2.06. The Bertz CT molecular complexity index is 721. The van der Waals surface area contributed by atoms with E-state index >= 15 is 0 Å². The molecule has 3 rings (SSSR count). The van der Waals surface area contributed by atoms with Crippen LogP contribution >= 0.6 is 23.1 Å². The van der Waals surface area contributed by atoms with Gasteiger partial charge in [-0.3, -0.25) is 0 Å². The number of nitrogen functional groups attached to an aromatic ring is 1. The molecule has 0 unspecified atom stereocenters. The van der Waals surface area contributed by atoms with Gasteiger partial charge in [0.25, 0.3) is 5.89 Å². The molecule has 0 saturated heterocycles. The Balaban J connectivity index is 1.77. The number of anilines is 1. The first-order valence-corrected chi connectivity index (χ1v) is 8.03. The summed E-state index contributed by atoms with van der Waals surface area (Å²) >= 11 is 3.01. The molecule has 3 aromatic heterocycles. The second-order valence-electron chi connectivity index (χ2n) is 4.40. The van der Waals surface area contributed by atoms with E-state index in [-0.39, 0.29) is 5.25 Å². The summed E-state index contributed by atoms with van der Waals surface area (Å²) in [7, 11) is 0. The van der Waals surface area contributed by atoms with Crippen LogP contribution in [0.4, 0.5) is 5.82 Å². The molecule has 0 aromatic carbocycles. The van der Waals surface area contributed by atoms with Crippen LogP contribution in [-0.4, -0.2) is 20.2 Å². The molecule has 0 aliphatic carbocycles. The molecule has 0 saturated carbocycles. The van der Waals surface area contributed by atoms with Crippen molar-refractivity contribution in [2.24, 2.45) is 0 Å². The average Bonchev–Trinajstić information content (AvgIpc) is 3.09. The van der Waals surface area contributed by atoms with E-state index in [1.807, 2.05) is 31.4 Å². The monoisotopic (exact) mass is 319 g/mol. The Labute approximate surface area is 129 Å². The maximum absolute atomic E-state index is 5.73. The van der Waals surface area contributed by atoms with Crippen LogP contribution < -0.4 is 5.73 Å². The molecule has 0 radical (unpaired) electrons. The minimum absolute atomic E-state index is 0.0487. The maximum atomic E-state index is 5.73. The predicted octanol–water partition coefficient (Wildman–Crippen LogP) is 3.33. The molecule has 108 valence electrons. The summed E-state index contributed by atoms with van der Waals surface area (Å²) in [6.45, 7) is 3.85. The molecule has 8 heteroatoms. The summed E-state index contributed by atoms with van der Waals surface area (Å²) in [4.78, 5) is 9.50. The van der Waals surface area contributed by atoms with Gasteiger partial charge in [-0.05, 0) is 25.3 Å².